The fourth-order valence-corrected chi connectivity index (χ4v) is 2.69. The van der Waals surface area contributed by atoms with E-state index < -0.39 is 0 Å². The molecule has 2 rings (SSSR count). The van der Waals surface area contributed by atoms with Gasteiger partial charge in [-0.15, -0.1) is 0 Å². The van der Waals surface area contributed by atoms with E-state index >= 15 is 0 Å². The highest BCUT2D eigenvalue weighted by atomic mass is 16.2. The van der Waals surface area contributed by atoms with Gasteiger partial charge >= 0.3 is 0 Å². The van der Waals surface area contributed by atoms with Gasteiger partial charge in [-0.3, -0.25) is 4.79 Å². The van der Waals surface area contributed by atoms with Gasteiger partial charge in [-0.2, -0.15) is 0 Å². The van der Waals surface area contributed by atoms with Gasteiger partial charge in [0, 0.05) is 19.5 Å². The SMILES string of the molecule is Cc1ccccc1CCC(=O)N1CCC(C)(CN)C1. The van der Waals surface area contributed by atoms with Gasteiger partial charge in [0.15, 0.2) is 0 Å². The lowest BCUT2D eigenvalue weighted by Gasteiger charge is -2.22. The Morgan fingerprint density at radius 2 is 2.16 bits per heavy atom. The number of carbonyl (C=O) groups is 1. The Balaban J connectivity index is 1.88. The van der Waals surface area contributed by atoms with Gasteiger partial charge in [0.25, 0.3) is 0 Å². The zero-order chi connectivity index (χ0) is 13.9. The van der Waals surface area contributed by atoms with E-state index in [9.17, 15) is 4.79 Å². The van der Waals surface area contributed by atoms with Crippen LogP contribution in [0.1, 0.15) is 30.9 Å². The van der Waals surface area contributed by atoms with Crippen molar-refractivity contribution in [3.8, 4) is 0 Å². The third-order valence-electron chi connectivity index (χ3n) is 4.27. The maximum atomic E-state index is 12.2. The van der Waals surface area contributed by atoms with Crippen LogP contribution in [0, 0.1) is 12.3 Å². The van der Waals surface area contributed by atoms with Crippen molar-refractivity contribution in [3.63, 3.8) is 0 Å². The molecule has 2 N–H and O–H groups in total. The van der Waals surface area contributed by atoms with Crippen LogP contribution in [0.25, 0.3) is 0 Å². The van der Waals surface area contributed by atoms with E-state index in [-0.39, 0.29) is 11.3 Å². The van der Waals surface area contributed by atoms with Crippen LogP contribution in [0.3, 0.4) is 0 Å². The molecule has 0 bridgehead atoms. The van der Waals surface area contributed by atoms with Gasteiger partial charge in [0.05, 0.1) is 0 Å². The number of likely N-dealkylation sites (tertiary alicyclic amines) is 1. The predicted octanol–water partition coefficient (Wildman–Crippen LogP) is 2.12. The fraction of sp³-hybridized carbons (Fsp3) is 0.562. The summed E-state index contributed by atoms with van der Waals surface area (Å²) in [6.07, 6.45) is 2.46. The van der Waals surface area contributed by atoms with Crippen molar-refractivity contribution in [2.45, 2.75) is 33.1 Å². The standard InChI is InChI=1S/C16H24N2O/c1-13-5-3-4-6-14(13)7-8-15(19)18-10-9-16(2,11-17)12-18/h3-6H,7-12,17H2,1-2H3. The molecule has 0 radical (unpaired) electrons. The van der Waals surface area contributed by atoms with E-state index in [4.69, 9.17) is 5.73 Å². The molecular weight excluding hydrogens is 236 g/mol. The highest BCUT2D eigenvalue weighted by molar-refractivity contribution is 5.76. The van der Waals surface area contributed by atoms with E-state index in [0.29, 0.717) is 13.0 Å². The number of nitrogens with zero attached hydrogens (tertiary/aromatic N) is 1. The number of hydrogen-bond donors (Lipinski definition) is 1. The van der Waals surface area contributed by atoms with Crippen LogP contribution < -0.4 is 5.73 Å². The third-order valence-corrected chi connectivity index (χ3v) is 4.27. The lowest BCUT2D eigenvalue weighted by Crippen LogP contribution is -2.34. The van der Waals surface area contributed by atoms with E-state index in [1.807, 2.05) is 17.0 Å². The molecule has 1 saturated heterocycles. The van der Waals surface area contributed by atoms with Crippen LogP contribution >= 0.6 is 0 Å². The molecule has 1 aromatic rings. The molecule has 0 saturated carbocycles. The average molecular weight is 260 g/mol. The second-order valence-corrected chi connectivity index (χ2v) is 6.01. The molecule has 0 aliphatic carbocycles. The summed E-state index contributed by atoms with van der Waals surface area (Å²) in [5, 5.41) is 0. The molecule has 1 heterocycles. The second kappa shape index (κ2) is 5.74. The largest absolute Gasteiger partial charge is 0.342 e. The molecule has 0 spiro atoms. The second-order valence-electron chi connectivity index (χ2n) is 6.01. The first kappa shape index (κ1) is 14.1. The molecular formula is C16H24N2O. The number of rotatable bonds is 4. The van der Waals surface area contributed by atoms with Crippen molar-refractivity contribution in [2.75, 3.05) is 19.6 Å². The van der Waals surface area contributed by atoms with Gasteiger partial charge in [0.2, 0.25) is 5.91 Å². The summed E-state index contributed by atoms with van der Waals surface area (Å²) in [5.41, 5.74) is 8.44. The Bertz CT molecular complexity index is 458. The zero-order valence-electron chi connectivity index (χ0n) is 12.0. The molecule has 1 fully saturated rings. The minimum atomic E-state index is 0.123. The predicted molar refractivity (Wildman–Crippen MR) is 77.9 cm³/mol. The quantitative estimate of drug-likeness (QED) is 0.901. The normalized spacial score (nSPS) is 22.8. The maximum Gasteiger partial charge on any atom is 0.222 e. The summed E-state index contributed by atoms with van der Waals surface area (Å²) < 4.78 is 0. The van der Waals surface area contributed by atoms with Gasteiger partial charge < -0.3 is 10.6 Å². The van der Waals surface area contributed by atoms with Crippen molar-refractivity contribution < 1.29 is 4.79 Å². The first-order chi connectivity index (χ1) is 9.04. The number of benzene rings is 1. The monoisotopic (exact) mass is 260 g/mol. The van der Waals surface area contributed by atoms with E-state index in [1.165, 1.54) is 11.1 Å². The minimum absolute atomic E-state index is 0.123. The van der Waals surface area contributed by atoms with Crippen LogP contribution in [-0.4, -0.2) is 30.4 Å². The molecule has 19 heavy (non-hydrogen) atoms. The van der Waals surface area contributed by atoms with E-state index in [2.05, 4.69) is 26.0 Å². The molecule has 1 aromatic carbocycles. The smallest absolute Gasteiger partial charge is 0.222 e. The molecule has 1 aliphatic heterocycles. The van der Waals surface area contributed by atoms with Gasteiger partial charge in [-0.1, -0.05) is 31.2 Å². The average Bonchev–Trinajstić information content (AvgIpc) is 2.81. The summed E-state index contributed by atoms with van der Waals surface area (Å²) in [4.78, 5) is 14.2. The van der Waals surface area contributed by atoms with Crippen molar-refractivity contribution in [3.05, 3.63) is 35.4 Å². The van der Waals surface area contributed by atoms with Gasteiger partial charge in [-0.25, -0.2) is 0 Å². The summed E-state index contributed by atoms with van der Waals surface area (Å²) >= 11 is 0. The lowest BCUT2D eigenvalue weighted by molar-refractivity contribution is -0.130. The molecule has 3 heteroatoms. The Labute approximate surface area is 115 Å². The Hall–Kier alpha value is -1.35. The molecule has 1 aliphatic rings. The zero-order valence-corrected chi connectivity index (χ0v) is 12.0. The Kier molecular flexibility index (Phi) is 4.25. The molecule has 0 aromatic heterocycles. The van der Waals surface area contributed by atoms with E-state index in [0.717, 1.165) is 25.9 Å². The van der Waals surface area contributed by atoms with Crippen molar-refractivity contribution >= 4 is 5.91 Å². The van der Waals surface area contributed by atoms with Crippen molar-refractivity contribution in [1.29, 1.82) is 0 Å². The summed E-state index contributed by atoms with van der Waals surface area (Å²) in [6, 6.07) is 8.28. The first-order valence-corrected chi connectivity index (χ1v) is 7.06. The lowest BCUT2D eigenvalue weighted by atomic mass is 9.90. The maximum absolute atomic E-state index is 12.2. The third kappa shape index (κ3) is 3.35. The number of aryl methyl sites for hydroxylation is 2. The van der Waals surface area contributed by atoms with Crippen LogP contribution in [-0.2, 0) is 11.2 Å². The number of carbonyl (C=O) groups excluding carboxylic acids is 1. The fourth-order valence-electron chi connectivity index (χ4n) is 2.69. The van der Waals surface area contributed by atoms with Crippen molar-refractivity contribution in [1.82, 2.24) is 4.90 Å². The number of hydrogen-bond acceptors (Lipinski definition) is 2. The summed E-state index contributed by atoms with van der Waals surface area (Å²) in [6.45, 7) is 6.60. The van der Waals surface area contributed by atoms with Crippen molar-refractivity contribution in [2.24, 2.45) is 11.1 Å². The minimum Gasteiger partial charge on any atom is -0.342 e. The molecule has 1 unspecified atom stereocenters. The Morgan fingerprint density at radius 1 is 1.42 bits per heavy atom. The summed E-state index contributed by atoms with van der Waals surface area (Å²) in [5.74, 6) is 0.264. The molecule has 3 nitrogen and oxygen atoms in total. The van der Waals surface area contributed by atoms with Crippen LogP contribution in [0.4, 0.5) is 0 Å². The molecule has 1 atom stereocenters. The van der Waals surface area contributed by atoms with Gasteiger partial charge in [-0.05, 0) is 42.9 Å². The highest BCUT2D eigenvalue weighted by Crippen LogP contribution is 2.28. The number of amides is 1. The topological polar surface area (TPSA) is 46.3 Å². The molecule has 1 amide bonds. The first-order valence-electron chi connectivity index (χ1n) is 7.06. The summed E-state index contributed by atoms with van der Waals surface area (Å²) in [7, 11) is 0. The van der Waals surface area contributed by atoms with Crippen LogP contribution in [0.5, 0.6) is 0 Å². The highest BCUT2D eigenvalue weighted by Gasteiger charge is 2.34. The van der Waals surface area contributed by atoms with Crippen LogP contribution in [0.2, 0.25) is 0 Å². The molecule has 104 valence electrons. The van der Waals surface area contributed by atoms with E-state index in [1.54, 1.807) is 0 Å². The van der Waals surface area contributed by atoms with Crippen LogP contribution in [0.15, 0.2) is 24.3 Å². The Morgan fingerprint density at radius 3 is 2.79 bits per heavy atom. The van der Waals surface area contributed by atoms with Gasteiger partial charge in [0.1, 0.15) is 0 Å². The number of nitrogens with two attached hydrogens (primary N) is 1.